The number of fused-ring (bicyclic) bond motifs is 1. The topological polar surface area (TPSA) is 73.9 Å². The molecule has 0 unspecified atom stereocenters. The SMILES string of the molecule is CC/C=C\C=C/C(=O)N/C=C/C[C@H]1C[C@@H](O[Si](C)(C)C(C)(C)C)[C@@H](C)C/C=C/Cc2cccc(O[Si](C)(C)C(C)(C)C)c2C(=O)O1. The molecular weight excluding hydrogens is 607 g/mol. The summed E-state index contributed by atoms with van der Waals surface area (Å²) < 4.78 is 20.1. The molecule has 3 atom stereocenters. The van der Waals surface area contributed by atoms with Crippen LogP contribution < -0.4 is 9.74 Å². The van der Waals surface area contributed by atoms with Crippen molar-refractivity contribution in [3.05, 3.63) is 78.1 Å². The van der Waals surface area contributed by atoms with Gasteiger partial charge in [-0.25, -0.2) is 4.79 Å². The van der Waals surface area contributed by atoms with Crippen LogP contribution in [0.3, 0.4) is 0 Å². The number of esters is 1. The lowest BCUT2D eigenvalue weighted by molar-refractivity contribution is -0.115. The molecule has 46 heavy (non-hydrogen) atoms. The van der Waals surface area contributed by atoms with E-state index in [0.29, 0.717) is 30.6 Å². The molecular formula is C38H61NO5Si2. The average molecular weight is 668 g/mol. The second kappa shape index (κ2) is 16.9. The van der Waals surface area contributed by atoms with Gasteiger partial charge in [-0.15, -0.1) is 0 Å². The van der Waals surface area contributed by atoms with Crippen molar-refractivity contribution >= 4 is 28.5 Å². The van der Waals surface area contributed by atoms with Gasteiger partial charge < -0.3 is 18.9 Å². The predicted octanol–water partition coefficient (Wildman–Crippen LogP) is 10.1. The number of allylic oxidation sites excluding steroid dienone is 5. The normalized spacial score (nSPS) is 21.5. The first-order chi connectivity index (χ1) is 21.3. The van der Waals surface area contributed by atoms with Crippen LogP contribution in [0.1, 0.15) is 97.0 Å². The molecule has 0 bridgehead atoms. The zero-order valence-corrected chi connectivity index (χ0v) is 32.7. The van der Waals surface area contributed by atoms with Crippen LogP contribution in [0.2, 0.25) is 36.3 Å². The molecule has 1 aliphatic heterocycles. The van der Waals surface area contributed by atoms with Crippen LogP contribution in [0, 0.1) is 5.92 Å². The molecule has 6 nitrogen and oxygen atoms in total. The van der Waals surface area contributed by atoms with E-state index in [9.17, 15) is 9.59 Å². The second-order valence-corrected chi connectivity index (χ2v) is 25.0. The number of ether oxygens (including phenoxy) is 1. The largest absolute Gasteiger partial charge is 0.543 e. The van der Waals surface area contributed by atoms with Crippen molar-refractivity contribution in [2.75, 3.05) is 0 Å². The van der Waals surface area contributed by atoms with Crippen LogP contribution >= 0.6 is 0 Å². The molecule has 1 heterocycles. The van der Waals surface area contributed by atoms with Crippen LogP contribution in [0.15, 0.2) is 66.9 Å². The van der Waals surface area contributed by atoms with Crippen LogP contribution in [-0.4, -0.2) is 40.7 Å². The molecule has 0 fully saturated rings. The van der Waals surface area contributed by atoms with Gasteiger partial charge in [-0.3, -0.25) is 4.79 Å². The fraction of sp³-hybridized carbons (Fsp3) is 0.579. The molecule has 256 valence electrons. The van der Waals surface area contributed by atoms with Gasteiger partial charge in [-0.05, 0) is 73.1 Å². The molecule has 0 radical (unpaired) electrons. The summed E-state index contributed by atoms with van der Waals surface area (Å²) in [4.78, 5) is 26.4. The van der Waals surface area contributed by atoms with Crippen molar-refractivity contribution in [2.24, 2.45) is 5.92 Å². The Hall–Kier alpha value is -2.69. The Morgan fingerprint density at radius 3 is 2.30 bits per heavy atom. The molecule has 0 saturated heterocycles. The monoisotopic (exact) mass is 667 g/mol. The molecule has 2 rings (SSSR count). The minimum Gasteiger partial charge on any atom is -0.543 e. The summed E-state index contributed by atoms with van der Waals surface area (Å²) in [6.45, 7) is 26.5. The summed E-state index contributed by atoms with van der Waals surface area (Å²) in [7, 11) is -4.36. The third-order valence-electron chi connectivity index (χ3n) is 9.63. The summed E-state index contributed by atoms with van der Waals surface area (Å²) in [6, 6.07) is 5.86. The zero-order chi connectivity index (χ0) is 34.8. The van der Waals surface area contributed by atoms with Gasteiger partial charge in [-0.1, -0.05) is 104 Å². The fourth-order valence-electron chi connectivity index (χ4n) is 4.54. The minimum atomic E-state index is -2.24. The van der Waals surface area contributed by atoms with Gasteiger partial charge in [-0.2, -0.15) is 0 Å². The van der Waals surface area contributed by atoms with Crippen LogP contribution in [0.4, 0.5) is 0 Å². The average Bonchev–Trinajstić information content (AvgIpc) is 2.93. The summed E-state index contributed by atoms with van der Waals surface area (Å²) in [5.41, 5.74) is 1.39. The predicted molar refractivity (Wildman–Crippen MR) is 197 cm³/mol. The molecule has 0 aliphatic carbocycles. The van der Waals surface area contributed by atoms with Gasteiger partial charge in [0.05, 0.1) is 6.10 Å². The van der Waals surface area contributed by atoms with E-state index in [1.54, 1.807) is 12.3 Å². The van der Waals surface area contributed by atoms with Gasteiger partial charge in [0.15, 0.2) is 8.32 Å². The molecule has 8 heteroatoms. The Kier molecular flexibility index (Phi) is 14.5. The molecule has 1 amide bonds. The lowest BCUT2D eigenvalue weighted by atomic mass is 9.93. The standard InChI is InChI=1S/C38H61NO5Si2/c1-13-14-15-16-26-34(40)39-27-20-24-31-28-33(44-46(11,12)38(6,7)8)29(2)21-17-18-22-30-23-19-25-32(35(30)36(41)42-31)43-45(9,10)37(3,4)5/h14-20,23,25-27,29,31,33H,13,21-22,24,28H2,1-12H3,(H,39,40)/b15-14-,18-17+,26-16-,27-20+/t29-,31-,33+/m0/s1. The Morgan fingerprint density at radius 2 is 1.67 bits per heavy atom. The number of hydrogen-bond acceptors (Lipinski definition) is 5. The highest BCUT2D eigenvalue weighted by atomic mass is 28.4. The van der Waals surface area contributed by atoms with E-state index in [1.807, 2.05) is 43.4 Å². The lowest BCUT2D eigenvalue weighted by Crippen LogP contribution is -2.46. The van der Waals surface area contributed by atoms with Crippen LogP contribution in [0.5, 0.6) is 5.75 Å². The number of amides is 1. The molecule has 1 aliphatic rings. The Balaban J connectivity index is 2.50. The first-order valence-electron chi connectivity index (χ1n) is 16.9. The number of carbonyl (C=O) groups is 2. The summed E-state index contributed by atoms with van der Waals surface area (Å²) in [6.07, 6.45) is 17.7. The number of rotatable bonds is 10. The van der Waals surface area contributed by atoms with E-state index < -0.39 is 22.7 Å². The number of nitrogens with one attached hydrogen (secondary N) is 1. The molecule has 1 aromatic carbocycles. The number of benzene rings is 1. The fourth-order valence-corrected chi connectivity index (χ4v) is 7.01. The Morgan fingerprint density at radius 1 is 1.00 bits per heavy atom. The van der Waals surface area contributed by atoms with Crippen molar-refractivity contribution in [2.45, 2.75) is 136 Å². The quantitative estimate of drug-likeness (QED) is 0.0884. The van der Waals surface area contributed by atoms with Crippen molar-refractivity contribution in [3.8, 4) is 5.75 Å². The van der Waals surface area contributed by atoms with E-state index >= 15 is 0 Å². The van der Waals surface area contributed by atoms with Crippen molar-refractivity contribution in [1.82, 2.24) is 5.32 Å². The van der Waals surface area contributed by atoms with Crippen LogP contribution in [-0.2, 0) is 20.4 Å². The van der Waals surface area contributed by atoms with Crippen molar-refractivity contribution in [1.29, 1.82) is 0 Å². The maximum absolute atomic E-state index is 14.2. The van der Waals surface area contributed by atoms with Crippen molar-refractivity contribution < 1.29 is 23.2 Å². The molecule has 0 spiro atoms. The van der Waals surface area contributed by atoms with E-state index in [1.165, 1.54) is 6.08 Å². The summed E-state index contributed by atoms with van der Waals surface area (Å²) in [5.74, 6) is 0.217. The highest BCUT2D eigenvalue weighted by Crippen LogP contribution is 2.41. The lowest BCUT2D eigenvalue weighted by Gasteiger charge is -2.41. The first kappa shape index (κ1) is 39.5. The van der Waals surface area contributed by atoms with Gasteiger partial charge in [0.1, 0.15) is 17.4 Å². The highest BCUT2D eigenvalue weighted by Gasteiger charge is 2.42. The van der Waals surface area contributed by atoms with Gasteiger partial charge in [0, 0.05) is 25.1 Å². The molecule has 0 aromatic heterocycles. The minimum absolute atomic E-state index is 0.0331. The number of hydrogen-bond donors (Lipinski definition) is 1. The third-order valence-corrected chi connectivity index (χ3v) is 18.5. The number of cyclic esters (lactones) is 1. The van der Waals surface area contributed by atoms with Gasteiger partial charge in [0.25, 0.3) is 8.32 Å². The van der Waals surface area contributed by atoms with E-state index in [2.05, 4.69) is 92.1 Å². The third kappa shape index (κ3) is 11.8. The highest BCUT2D eigenvalue weighted by molar-refractivity contribution is 6.75. The molecule has 1 N–H and O–H groups in total. The van der Waals surface area contributed by atoms with Crippen molar-refractivity contribution in [3.63, 3.8) is 0 Å². The molecule has 1 aromatic rings. The maximum atomic E-state index is 14.2. The first-order valence-corrected chi connectivity index (χ1v) is 22.7. The Bertz CT molecular complexity index is 1280. The Labute approximate surface area is 282 Å². The smallest absolute Gasteiger partial charge is 0.342 e. The summed E-state index contributed by atoms with van der Waals surface area (Å²) in [5, 5.41) is 2.80. The summed E-state index contributed by atoms with van der Waals surface area (Å²) >= 11 is 0. The van der Waals surface area contributed by atoms with Gasteiger partial charge in [0.2, 0.25) is 5.91 Å². The van der Waals surface area contributed by atoms with E-state index in [0.717, 1.165) is 18.4 Å². The zero-order valence-electron chi connectivity index (χ0n) is 30.7. The van der Waals surface area contributed by atoms with Crippen LogP contribution in [0.25, 0.3) is 0 Å². The van der Waals surface area contributed by atoms with Gasteiger partial charge >= 0.3 is 5.97 Å². The van der Waals surface area contributed by atoms with E-state index in [-0.39, 0.29) is 34.0 Å². The molecule has 0 saturated carbocycles. The number of carbonyl (C=O) groups excluding carboxylic acids is 2. The maximum Gasteiger partial charge on any atom is 0.342 e. The second-order valence-electron chi connectivity index (χ2n) is 15.6. The van der Waals surface area contributed by atoms with E-state index in [4.69, 9.17) is 13.6 Å².